The van der Waals surface area contributed by atoms with Gasteiger partial charge in [-0.05, 0) is 12.1 Å². The number of nitrogens with zero attached hydrogens (tertiary/aromatic N) is 5. The molecule has 0 amide bonds. The highest BCUT2D eigenvalue weighted by molar-refractivity contribution is 5.38. The van der Waals surface area contributed by atoms with E-state index in [4.69, 9.17) is 5.73 Å². The quantitative estimate of drug-likeness (QED) is 0.742. The van der Waals surface area contributed by atoms with Gasteiger partial charge in [0.2, 0.25) is 0 Å². The van der Waals surface area contributed by atoms with Crippen molar-refractivity contribution < 1.29 is 0 Å². The van der Waals surface area contributed by atoms with Crippen LogP contribution in [0.5, 0.6) is 0 Å². The van der Waals surface area contributed by atoms with Gasteiger partial charge in [0.15, 0.2) is 5.82 Å². The van der Waals surface area contributed by atoms with E-state index >= 15 is 0 Å². The summed E-state index contributed by atoms with van der Waals surface area (Å²) in [5.74, 6) is 1.92. The van der Waals surface area contributed by atoms with Crippen LogP contribution >= 0.6 is 0 Å². The van der Waals surface area contributed by atoms with Crippen LogP contribution in [0.1, 0.15) is 5.82 Å². The van der Waals surface area contributed by atoms with Crippen molar-refractivity contribution in [1.29, 1.82) is 0 Å². The van der Waals surface area contributed by atoms with Crippen LogP contribution in [0.25, 0.3) is 0 Å². The number of aryl methyl sites for hydroxylation is 1. The van der Waals surface area contributed by atoms with E-state index in [2.05, 4.69) is 25.6 Å². The van der Waals surface area contributed by atoms with Crippen molar-refractivity contribution in [3.05, 3.63) is 24.3 Å². The molecule has 16 heavy (non-hydrogen) atoms. The molecule has 0 aliphatic rings. The molecule has 0 spiro atoms. The molecule has 7 nitrogen and oxygen atoms in total. The molecule has 0 radical (unpaired) electrons. The van der Waals surface area contributed by atoms with E-state index in [1.54, 1.807) is 23.1 Å². The minimum atomic E-state index is 0.414. The second kappa shape index (κ2) is 4.56. The van der Waals surface area contributed by atoms with Crippen molar-refractivity contribution in [3.63, 3.8) is 0 Å². The summed E-state index contributed by atoms with van der Waals surface area (Å²) in [4.78, 5) is 4.12. The lowest BCUT2D eigenvalue weighted by Crippen LogP contribution is -2.08. The number of hydrogen-bond donors (Lipinski definition) is 2. The monoisotopic (exact) mass is 219 g/mol. The van der Waals surface area contributed by atoms with Gasteiger partial charge in [-0.1, -0.05) is 0 Å². The molecule has 2 aromatic heterocycles. The van der Waals surface area contributed by atoms with E-state index in [0.29, 0.717) is 18.2 Å². The average Bonchev–Trinajstić information content (AvgIpc) is 2.67. The van der Waals surface area contributed by atoms with Crippen LogP contribution in [0.15, 0.2) is 18.5 Å². The largest absolute Gasteiger partial charge is 0.382 e. The maximum absolute atomic E-state index is 5.43. The minimum absolute atomic E-state index is 0.414. The molecule has 7 heteroatoms. The molecule has 0 atom stereocenters. The molecule has 0 fully saturated rings. The zero-order valence-corrected chi connectivity index (χ0v) is 8.96. The molecule has 84 valence electrons. The Bertz CT molecular complexity index is 447. The highest BCUT2D eigenvalue weighted by atomic mass is 15.3. The maximum atomic E-state index is 5.43. The molecule has 0 bridgehead atoms. The molecule has 0 saturated carbocycles. The number of rotatable bonds is 4. The van der Waals surface area contributed by atoms with Crippen LogP contribution < -0.4 is 11.1 Å². The van der Waals surface area contributed by atoms with Gasteiger partial charge in [0.25, 0.3) is 0 Å². The first kappa shape index (κ1) is 10.3. The second-order valence-electron chi connectivity index (χ2n) is 3.35. The number of nitrogens with two attached hydrogens (primary N) is 1. The van der Waals surface area contributed by atoms with E-state index in [0.717, 1.165) is 12.2 Å². The first-order valence-electron chi connectivity index (χ1n) is 4.91. The van der Waals surface area contributed by atoms with Crippen LogP contribution in [-0.4, -0.2) is 31.5 Å². The molecule has 2 heterocycles. The molecule has 0 saturated heterocycles. The summed E-state index contributed by atoms with van der Waals surface area (Å²) < 4.78 is 1.68. The molecule has 3 N–H and O–H groups in total. The molecule has 0 aliphatic heterocycles. The SMILES string of the molecule is Cn1cnc(CCNc2ccc(N)nn2)n1. The number of nitrogens with one attached hydrogen (secondary N) is 1. The van der Waals surface area contributed by atoms with Gasteiger partial charge in [-0.2, -0.15) is 5.10 Å². The summed E-state index contributed by atoms with van der Waals surface area (Å²) in [5, 5.41) is 14.9. The van der Waals surface area contributed by atoms with Crippen molar-refractivity contribution in [3.8, 4) is 0 Å². The van der Waals surface area contributed by atoms with Gasteiger partial charge >= 0.3 is 0 Å². The standard InChI is InChI=1S/C9H13N7/c1-16-6-12-9(15-16)4-5-11-8-3-2-7(10)13-14-8/h2-3,6H,4-5H2,1H3,(H2,10,13)(H,11,14). The van der Waals surface area contributed by atoms with E-state index in [1.165, 1.54) is 0 Å². The first-order valence-corrected chi connectivity index (χ1v) is 4.91. The summed E-state index contributed by atoms with van der Waals surface area (Å²) in [6.45, 7) is 0.711. The highest BCUT2D eigenvalue weighted by Crippen LogP contribution is 2.02. The lowest BCUT2D eigenvalue weighted by Gasteiger charge is -2.02. The third-order valence-corrected chi connectivity index (χ3v) is 1.99. The Morgan fingerprint density at radius 1 is 1.38 bits per heavy atom. The fourth-order valence-corrected chi connectivity index (χ4v) is 1.24. The predicted molar refractivity (Wildman–Crippen MR) is 59.6 cm³/mol. The van der Waals surface area contributed by atoms with Gasteiger partial charge in [0, 0.05) is 20.0 Å². The van der Waals surface area contributed by atoms with E-state index in [9.17, 15) is 0 Å². The number of aromatic nitrogens is 5. The smallest absolute Gasteiger partial charge is 0.152 e. The molecule has 0 aliphatic carbocycles. The molecule has 0 aromatic carbocycles. The fourth-order valence-electron chi connectivity index (χ4n) is 1.24. The highest BCUT2D eigenvalue weighted by Gasteiger charge is 1.99. The minimum Gasteiger partial charge on any atom is -0.382 e. The molecule has 0 unspecified atom stereocenters. The van der Waals surface area contributed by atoms with Crippen LogP contribution in [0.2, 0.25) is 0 Å². The average molecular weight is 219 g/mol. The second-order valence-corrected chi connectivity index (χ2v) is 3.35. The van der Waals surface area contributed by atoms with Gasteiger partial charge < -0.3 is 11.1 Å². The topological polar surface area (TPSA) is 94.5 Å². The normalized spacial score (nSPS) is 10.3. The lowest BCUT2D eigenvalue weighted by atomic mass is 10.4. The fraction of sp³-hybridized carbons (Fsp3) is 0.333. The molecular formula is C9H13N7. The molecule has 2 rings (SSSR count). The van der Waals surface area contributed by atoms with Gasteiger partial charge in [-0.3, -0.25) is 4.68 Å². The summed E-state index contributed by atoms with van der Waals surface area (Å²) in [5.41, 5.74) is 5.43. The third-order valence-electron chi connectivity index (χ3n) is 1.99. The van der Waals surface area contributed by atoms with Crippen LogP contribution in [0, 0.1) is 0 Å². The van der Waals surface area contributed by atoms with E-state index in [1.807, 2.05) is 7.05 Å². The Kier molecular flexibility index (Phi) is 2.95. The van der Waals surface area contributed by atoms with Crippen molar-refractivity contribution in [2.24, 2.45) is 7.05 Å². The Morgan fingerprint density at radius 2 is 2.25 bits per heavy atom. The summed E-state index contributed by atoms with van der Waals surface area (Å²) in [6.07, 6.45) is 2.42. The predicted octanol–water partition coefficient (Wildman–Crippen LogP) is -0.158. The number of nitrogen functional groups attached to an aromatic ring is 1. The Labute approximate surface area is 92.7 Å². The van der Waals surface area contributed by atoms with E-state index < -0.39 is 0 Å². The molecular weight excluding hydrogens is 206 g/mol. The summed E-state index contributed by atoms with van der Waals surface area (Å²) in [6, 6.07) is 3.49. The van der Waals surface area contributed by atoms with Crippen molar-refractivity contribution in [2.75, 3.05) is 17.6 Å². The summed E-state index contributed by atoms with van der Waals surface area (Å²) >= 11 is 0. The van der Waals surface area contributed by atoms with Crippen LogP contribution in [0.3, 0.4) is 0 Å². The van der Waals surface area contributed by atoms with E-state index in [-0.39, 0.29) is 0 Å². The zero-order valence-electron chi connectivity index (χ0n) is 8.96. The Balaban J connectivity index is 1.82. The zero-order chi connectivity index (χ0) is 11.4. The Hall–Kier alpha value is -2.18. The van der Waals surface area contributed by atoms with Gasteiger partial charge in [0.05, 0.1) is 0 Å². The Morgan fingerprint density at radius 3 is 2.88 bits per heavy atom. The number of hydrogen-bond acceptors (Lipinski definition) is 6. The van der Waals surface area contributed by atoms with Crippen LogP contribution in [-0.2, 0) is 13.5 Å². The van der Waals surface area contributed by atoms with Crippen LogP contribution in [0.4, 0.5) is 11.6 Å². The first-order chi connectivity index (χ1) is 7.74. The van der Waals surface area contributed by atoms with Crippen molar-refractivity contribution >= 4 is 11.6 Å². The van der Waals surface area contributed by atoms with Gasteiger partial charge in [-0.25, -0.2) is 4.98 Å². The van der Waals surface area contributed by atoms with Gasteiger partial charge in [0.1, 0.15) is 18.0 Å². The number of anilines is 2. The van der Waals surface area contributed by atoms with Crippen molar-refractivity contribution in [1.82, 2.24) is 25.0 Å². The summed E-state index contributed by atoms with van der Waals surface area (Å²) in [7, 11) is 1.84. The maximum Gasteiger partial charge on any atom is 0.152 e. The van der Waals surface area contributed by atoms with Gasteiger partial charge in [-0.15, -0.1) is 10.2 Å². The lowest BCUT2D eigenvalue weighted by molar-refractivity contribution is 0.741. The molecule has 2 aromatic rings. The van der Waals surface area contributed by atoms with Crippen molar-refractivity contribution in [2.45, 2.75) is 6.42 Å². The third kappa shape index (κ3) is 2.66.